The van der Waals surface area contributed by atoms with Gasteiger partial charge in [-0.25, -0.2) is 22.9 Å². The summed E-state index contributed by atoms with van der Waals surface area (Å²) in [7, 11) is -3.07. The zero-order chi connectivity index (χ0) is 18.9. The van der Waals surface area contributed by atoms with Gasteiger partial charge in [-0.3, -0.25) is 4.79 Å². The third kappa shape index (κ3) is 3.78. The molecule has 138 valence electrons. The van der Waals surface area contributed by atoms with E-state index < -0.39 is 21.6 Å². The number of hydrazone groups is 1. The predicted molar refractivity (Wildman–Crippen MR) is 95.7 cm³/mol. The van der Waals surface area contributed by atoms with E-state index in [1.807, 2.05) is 0 Å². The van der Waals surface area contributed by atoms with Gasteiger partial charge >= 0.3 is 0 Å². The summed E-state index contributed by atoms with van der Waals surface area (Å²) >= 11 is 6.30. The Morgan fingerprint density at radius 1 is 1.46 bits per heavy atom. The van der Waals surface area contributed by atoms with E-state index in [-0.39, 0.29) is 28.3 Å². The van der Waals surface area contributed by atoms with Crippen LogP contribution in [-0.4, -0.2) is 41.8 Å². The Labute approximate surface area is 154 Å². The Kier molecular flexibility index (Phi) is 5.10. The van der Waals surface area contributed by atoms with Crippen molar-refractivity contribution in [2.75, 3.05) is 11.5 Å². The number of carbonyl (C=O) groups is 1. The van der Waals surface area contributed by atoms with Crippen molar-refractivity contribution in [3.63, 3.8) is 0 Å². The van der Waals surface area contributed by atoms with Crippen molar-refractivity contribution in [3.05, 3.63) is 52.1 Å². The SMILES string of the molecule is Cc1nn([C@@H]2CCS(=O)(=O)C2)c(Cl)c1/C=N\NC(=O)c1ccccc1F. The van der Waals surface area contributed by atoms with Crippen LogP contribution in [0, 0.1) is 12.7 Å². The van der Waals surface area contributed by atoms with E-state index >= 15 is 0 Å². The van der Waals surface area contributed by atoms with E-state index in [4.69, 9.17) is 11.6 Å². The lowest BCUT2D eigenvalue weighted by atomic mass is 10.2. The summed E-state index contributed by atoms with van der Waals surface area (Å²) in [6.07, 6.45) is 1.76. The van der Waals surface area contributed by atoms with Gasteiger partial charge in [-0.15, -0.1) is 0 Å². The molecule has 0 aliphatic carbocycles. The van der Waals surface area contributed by atoms with Crippen LogP contribution in [0.15, 0.2) is 29.4 Å². The topological polar surface area (TPSA) is 93.4 Å². The molecule has 1 aromatic carbocycles. The quantitative estimate of drug-likeness (QED) is 0.630. The van der Waals surface area contributed by atoms with E-state index in [0.717, 1.165) is 0 Å². The minimum atomic E-state index is -3.07. The van der Waals surface area contributed by atoms with Crippen LogP contribution >= 0.6 is 11.6 Å². The lowest BCUT2D eigenvalue weighted by molar-refractivity contribution is 0.0951. The lowest BCUT2D eigenvalue weighted by Gasteiger charge is -2.09. The number of carbonyl (C=O) groups excluding carboxylic acids is 1. The number of amides is 1. The standard InChI is InChI=1S/C16H16ClFN4O3S/c1-10-13(8-19-20-16(23)12-4-2-3-5-14(12)18)15(17)22(21-10)11-6-7-26(24,25)9-11/h2-5,8,11H,6-7,9H2,1H3,(H,20,23)/b19-8-/t11-/m1/s1. The van der Waals surface area contributed by atoms with Crippen molar-refractivity contribution in [2.24, 2.45) is 5.10 Å². The third-order valence-corrected chi connectivity index (χ3v) is 6.23. The lowest BCUT2D eigenvalue weighted by Crippen LogP contribution is -2.19. The molecule has 0 saturated carbocycles. The summed E-state index contributed by atoms with van der Waals surface area (Å²) < 4.78 is 38.3. The molecular formula is C16H16ClFN4O3S. The fourth-order valence-corrected chi connectivity index (χ4v) is 4.80. The Balaban J connectivity index is 1.75. The highest BCUT2D eigenvalue weighted by Gasteiger charge is 2.31. The smallest absolute Gasteiger partial charge is 0.267 e. The molecule has 0 radical (unpaired) electrons. The van der Waals surface area contributed by atoms with Gasteiger partial charge in [-0.05, 0) is 25.5 Å². The van der Waals surface area contributed by atoms with Gasteiger partial charge in [0, 0.05) is 0 Å². The third-order valence-electron chi connectivity index (χ3n) is 4.10. The van der Waals surface area contributed by atoms with Crippen molar-refractivity contribution < 1.29 is 17.6 Å². The highest BCUT2D eigenvalue weighted by molar-refractivity contribution is 7.91. The molecule has 1 aliphatic rings. The predicted octanol–water partition coefficient (Wildman–Crippen LogP) is 2.11. The molecule has 10 heteroatoms. The molecule has 1 aromatic heterocycles. The van der Waals surface area contributed by atoms with Crippen LogP contribution < -0.4 is 5.43 Å². The largest absolute Gasteiger partial charge is 0.274 e. The van der Waals surface area contributed by atoms with Gasteiger partial charge in [0.25, 0.3) is 5.91 Å². The van der Waals surface area contributed by atoms with Crippen LogP contribution in [0.25, 0.3) is 0 Å². The highest BCUT2D eigenvalue weighted by Crippen LogP contribution is 2.29. The molecule has 2 heterocycles. The van der Waals surface area contributed by atoms with Crippen LogP contribution in [0.1, 0.15) is 34.1 Å². The first-order valence-electron chi connectivity index (χ1n) is 7.81. The van der Waals surface area contributed by atoms with Crippen LogP contribution in [-0.2, 0) is 9.84 Å². The molecule has 1 fully saturated rings. The summed E-state index contributed by atoms with van der Waals surface area (Å²) in [6, 6.07) is 5.23. The molecule has 1 saturated heterocycles. The fraction of sp³-hybridized carbons (Fsp3) is 0.312. The van der Waals surface area contributed by atoms with Crippen molar-refractivity contribution >= 4 is 33.6 Å². The first-order valence-corrected chi connectivity index (χ1v) is 10.0. The normalized spacial score (nSPS) is 19.1. The Hall–Kier alpha value is -2.26. The van der Waals surface area contributed by atoms with Gasteiger partial charge in [0.05, 0.1) is 40.6 Å². The average Bonchev–Trinajstić information content (AvgIpc) is 3.08. The number of sulfone groups is 1. The number of nitrogens with one attached hydrogen (secondary N) is 1. The summed E-state index contributed by atoms with van der Waals surface area (Å²) in [4.78, 5) is 11.9. The minimum Gasteiger partial charge on any atom is -0.267 e. The monoisotopic (exact) mass is 398 g/mol. The maximum absolute atomic E-state index is 13.6. The highest BCUT2D eigenvalue weighted by atomic mass is 35.5. The van der Waals surface area contributed by atoms with Crippen LogP contribution in [0.4, 0.5) is 4.39 Å². The maximum Gasteiger partial charge on any atom is 0.274 e. The molecule has 3 rings (SSSR count). The minimum absolute atomic E-state index is 0.00551. The molecule has 1 N–H and O–H groups in total. The molecule has 7 nitrogen and oxygen atoms in total. The van der Waals surface area contributed by atoms with Gasteiger partial charge < -0.3 is 0 Å². The molecule has 26 heavy (non-hydrogen) atoms. The number of benzene rings is 1. The summed E-state index contributed by atoms with van der Waals surface area (Å²) in [6.45, 7) is 1.70. The maximum atomic E-state index is 13.6. The molecule has 0 bridgehead atoms. The summed E-state index contributed by atoms with van der Waals surface area (Å²) in [5.74, 6) is -1.24. The first-order chi connectivity index (χ1) is 12.3. The molecule has 1 atom stereocenters. The molecule has 0 spiro atoms. The molecule has 1 aliphatic heterocycles. The van der Waals surface area contributed by atoms with Crippen LogP contribution in [0.5, 0.6) is 0 Å². The van der Waals surface area contributed by atoms with Crippen molar-refractivity contribution in [2.45, 2.75) is 19.4 Å². The Morgan fingerprint density at radius 3 is 2.85 bits per heavy atom. The molecule has 1 amide bonds. The van der Waals surface area contributed by atoms with Gasteiger partial charge in [0.1, 0.15) is 11.0 Å². The number of aromatic nitrogens is 2. The van der Waals surface area contributed by atoms with Gasteiger partial charge in [0.2, 0.25) is 0 Å². The average molecular weight is 399 g/mol. The number of nitrogens with zero attached hydrogens (tertiary/aromatic N) is 3. The van der Waals surface area contributed by atoms with Crippen molar-refractivity contribution in [1.82, 2.24) is 15.2 Å². The van der Waals surface area contributed by atoms with E-state index in [0.29, 0.717) is 17.7 Å². The number of hydrogen-bond donors (Lipinski definition) is 1. The summed E-state index contributed by atoms with van der Waals surface area (Å²) in [5, 5.41) is 8.33. The number of rotatable bonds is 4. The molecular weight excluding hydrogens is 383 g/mol. The number of hydrogen-bond acceptors (Lipinski definition) is 5. The number of halogens is 2. The molecule has 0 unspecified atom stereocenters. The van der Waals surface area contributed by atoms with Gasteiger partial charge in [-0.2, -0.15) is 10.2 Å². The molecule has 2 aromatic rings. The Morgan fingerprint density at radius 2 is 2.19 bits per heavy atom. The van der Waals surface area contributed by atoms with E-state index in [2.05, 4.69) is 15.6 Å². The van der Waals surface area contributed by atoms with Crippen molar-refractivity contribution in [3.8, 4) is 0 Å². The second kappa shape index (κ2) is 7.16. The van der Waals surface area contributed by atoms with E-state index in [1.165, 1.54) is 29.1 Å². The van der Waals surface area contributed by atoms with Crippen molar-refractivity contribution in [1.29, 1.82) is 0 Å². The van der Waals surface area contributed by atoms with Crippen LogP contribution in [0.2, 0.25) is 5.15 Å². The fourth-order valence-electron chi connectivity index (χ4n) is 2.75. The van der Waals surface area contributed by atoms with Gasteiger partial charge in [-0.1, -0.05) is 23.7 Å². The second-order valence-corrected chi connectivity index (χ2v) is 8.56. The zero-order valence-electron chi connectivity index (χ0n) is 13.8. The van der Waals surface area contributed by atoms with Crippen LogP contribution in [0.3, 0.4) is 0 Å². The second-order valence-electron chi connectivity index (χ2n) is 5.97. The van der Waals surface area contributed by atoms with E-state index in [9.17, 15) is 17.6 Å². The van der Waals surface area contributed by atoms with E-state index in [1.54, 1.807) is 13.0 Å². The first kappa shape index (κ1) is 18.5. The Bertz CT molecular complexity index is 987. The van der Waals surface area contributed by atoms with Gasteiger partial charge in [0.15, 0.2) is 9.84 Å². The number of aryl methyl sites for hydroxylation is 1. The summed E-state index contributed by atoms with van der Waals surface area (Å²) in [5.41, 5.74) is 3.12. The zero-order valence-corrected chi connectivity index (χ0v) is 15.4.